The van der Waals surface area contributed by atoms with Gasteiger partial charge < -0.3 is 4.57 Å². The molecule has 1 aromatic carbocycles. The van der Waals surface area contributed by atoms with Crippen molar-refractivity contribution in [1.82, 2.24) is 9.55 Å². The predicted molar refractivity (Wildman–Crippen MR) is 82.2 cm³/mol. The SMILES string of the molecule is Cc1ccc2c(c1)nc(CCl)n2Cc1ccc(C)s1. The Morgan fingerprint density at radius 3 is 2.74 bits per heavy atom. The first-order chi connectivity index (χ1) is 9.17. The van der Waals surface area contributed by atoms with E-state index in [2.05, 4.69) is 53.7 Å². The van der Waals surface area contributed by atoms with Gasteiger partial charge in [0, 0.05) is 9.75 Å². The molecule has 98 valence electrons. The number of benzene rings is 1. The topological polar surface area (TPSA) is 17.8 Å². The third-order valence-corrected chi connectivity index (χ3v) is 4.44. The van der Waals surface area contributed by atoms with Crippen molar-refractivity contribution in [1.29, 1.82) is 0 Å². The molecule has 0 N–H and O–H groups in total. The number of hydrogen-bond donors (Lipinski definition) is 0. The van der Waals surface area contributed by atoms with E-state index in [-0.39, 0.29) is 0 Å². The van der Waals surface area contributed by atoms with E-state index in [4.69, 9.17) is 11.6 Å². The van der Waals surface area contributed by atoms with Crippen molar-refractivity contribution in [2.45, 2.75) is 26.3 Å². The summed E-state index contributed by atoms with van der Waals surface area (Å²) in [6.45, 7) is 5.06. The summed E-state index contributed by atoms with van der Waals surface area (Å²) < 4.78 is 2.22. The highest BCUT2D eigenvalue weighted by Crippen LogP contribution is 2.23. The molecule has 2 heterocycles. The zero-order chi connectivity index (χ0) is 13.4. The molecule has 0 aliphatic rings. The molecule has 0 saturated heterocycles. The van der Waals surface area contributed by atoms with Crippen LogP contribution in [0.25, 0.3) is 11.0 Å². The Morgan fingerprint density at radius 1 is 1.21 bits per heavy atom. The number of hydrogen-bond acceptors (Lipinski definition) is 2. The molecule has 0 aliphatic carbocycles. The molecule has 2 aromatic heterocycles. The number of imidazole rings is 1. The number of fused-ring (bicyclic) bond motifs is 1. The Bertz CT molecular complexity index is 727. The van der Waals surface area contributed by atoms with Gasteiger partial charge in [0.1, 0.15) is 5.82 Å². The summed E-state index contributed by atoms with van der Waals surface area (Å²) >= 11 is 7.86. The van der Waals surface area contributed by atoms with E-state index in [1.807, 2.05) is 11.3 Å². The molecule has 19 heavy (non-hydrogen) atoms. The number of alkyl halides is 1. The Labute approximate surface area is 121 Å². The molecular weight excluding hydrogens is 276 g/mol. The molecule has 0 fully saturated rings. The van der Waals surface area contributed by atoms with E-state index in [0.717, 1.165) is 23.4 Å². The minimum Gasteiger partial charge on any atom is -0.322 e. The lowest BCUT2D eigenvalue weighted by atomic mass is 10.2. The van der Waals surface area contributed by atoms with Gasteiger partial charge >= 0.3 is 0 Å². The maximum absolute atomic E-state index is 6.03. The van der Waals surface area contributed by atoms with Crippen molar-refractivity contribution in [2.75, 3.05) is 0 Å². The summed E-state index contributed by atoms with van der Waals surface area (Å²) in [5.74, 6) is 1.38. The van der Waals surface area contributed by atoms with E-state index in [0.29, 0.717) is 5.88 Å². The molecule has 0 bridgehead atoms. The highest BCUT2D eigenvalue weighted by molar-refractivity contribution is 7.11. The molecule has 0 atom stereocenters. The second kappa shape index (κ2) is 4.99. The third-order valence-electron chi connectivity index (χ3n) is 3.21. The van der Waals surface area contributed by atoms with Gasteiger partial charge in [-0.05, 0) is 43.7 Å². The van der Waals surface area contributed by atoms with E-state index >= 15 is 0 Å². The third kappa shape index (κ3) is 2.40. The van der Waals surface area contributed by atoms with Crippen LogP contribution in [0, 0.1) is 13.8 Å². The van der Waals surface area contributed by atoms with Crippen LogP contribution in [0.4, 0.5) is 0 Å². The first-order valence-electron chi connectivity index (χ1n) is 6.24. The van der Waals surface area contributed by atoms with Crippen LogP contribution >= 0.6 is 22.9 Å². The highest BCUT2D eigenvalue weighted by Gasteiger charge is 2.11. The van der Waals surface area contributed by atoms with Gasteiger partial charge in [0.2, 0.25) is 0 Å². The van der Waals surface area contributed by atoms with Crippen LogP contribution in [0.15, 0.2) is 30.3 Å². The average Bonchev–Trinajstić information content (AvgIpc) is 2.94. The lowest BCUT2D eigenvalue weighted by Gasteiger charge is -2.06. The molecule has 0 unspecified atom stereocenters. The van der Waals surface area contributed by atoms with Crippen molar-refractivity contribution < 1.29 is 0 Å². The largest absolute Gasteiger partial charge is 0.322 e. The molecule has 2 nitrogen and oxygen atoms in total. The molecule has 0 spiro atoms. The predicted octanol–water partition coefficient (Wildman–Crippen LogP) is 4.50. The van der Waals surface area contributed by atoms with Gasteiger partial charge in [-0.1, -0.05) is 6.07 Å². The van der Waals surface area contributed by atoms with Gasteiger partial charge in [-0.25, -0.2) is 4.98 Å². The average molecular weight is 291 g/mol. The van der Waals surface area contributed by atoms with E-state index in [1.165, 1.54) is 15.3 Å². The molecule has 3 aromatic rings. The van der Waals surface area contributed by atoms with Crippen molar-refractivity contribution in [2.24, 2.45) is 0 Å². The maximum Gasteiger partial charge on any atom is 0.125 e. The van der Waals surface area contributed by atoms with Crippen LogP contribution in [-0.4, -0.2) is 9.55 Å². The van der Waals surface area contributed by atoms with Crippen molar-refractivity contribution in [3.8, 4) is 0 Å². The van der Waals surface area contributed by atoms with Crippen LogP contribution in [0.1, 0.15) is 21.1 Å². The standard InChI is InChI=1S/C15H15ClN2S/c1-10-3-6-14-13(7-10)17-15(8-16)18(14)9-12-5-4-11(2)19-12/h3-7H,8-9H2,1-2H3. The zero-order valence-electron chi connectivity index (χ0n) is 11.0. The van der Waals surface area contributed by atoms with Gasteiger partial charge in [0.15, 0.2) is 0 Å². The van der Waals surface area contributed by atoms with Gasteiger partial charge in [0.25, 0.3) is 0 Å². The first-order valence-corrected chi connectivity index (χ1v) is 7.59. The molecule has 4 heteroatoms. The fourth-order valence-corrected chi connectivity index (χ4v) is 3.38. The second-order valence-electron chi connectivity index (χ2n) is 4.75. The normalized spacial score (nSPS) is 11.3. The molecule has 3 rings (SSSR count). The van der Waals surface area contributed by atoms with Crippen LogP contribution < -0.4 is 0 Å². The van der Waals surface area contributed by atoms with Crippen molar-refractivity contribution >= 4 is 34.0 Å². The molecule has 0 aliphatic heterocycles. The Hall–Kier alpha value is -1.32. The highest BCUT2D eigenvalue weighted by atomic mass is 35.5. The van der Waals surface area contributed by atoms with Crippen molar-refractivity contribution in [3.05, 3.63) is 51.5 Å². The fourth-order valence-electron chi connectivity index (χ4n) is 2.29. The summed E-state index contributed by atoms with van der Waals surface area (Å²) in [7, 11) is 0. The summed E-state index contributed by atoms with van der Waals surface area (Å²) in [5.41, 5.74) is 3.42. The Morgan fingerprint density at radius 2 is 2.05 bits per heavy atom. The molecule has 0 radical (unpaired) electrons. The second-order valence-corrected chi connectivity index (χ2v) is 6.39. The number of halogens is 1. The number of aryl methyl sites for hydroxylation is 2. The molecule has 0 saturated carbocycles. The molecule has 0 amide bonds. The van der Waals surface area contributed by atoms with Gasteiger partial charge in [-0.3, -0.25) is 0 Å². The minimum atomic E-state index is 0.443. The van der Waals surface area contributed by atoms with Crippen molar-refractivity contribution in [3.63, 3.8) is 0 Å². The number of aromatic nitrogens is 2. The van der Waals surface area contributed by atoms with Crippen LogP contribution in [-0.2, 0) is 12.4 Å². The Kier molecular flexibility index (Phi) is 3.33. The lowest BCUT2D eigenvalue weighted by Crippen LogP contribution is -2.02. The summed E-state index contributed by atoms with van der Waals surface area (Å²) in [6.07, 6.45) is 0. The zero-order valence-corrected chi connectivity index (χ0v) is 12.6. The van der Waals surface area contributed by atoms with Gasteiger partial charge in [-0.15, -0.1) is 22.9 Å². The van der Waals surface area contributed by atoms with Gasteiger partial charge in [-0.2, -0.15) is 0 Å². The summed E-state index contributed by atoms with van der Waals surface area (Å²) in [4.78, 5) is 7.30. The van der Waals surface area contributed by atoms with Gasteiger partial charge in [0.05, 0.1) is 23.5 Å². The fraction of sp³-hybridized carbons (Fsp3) is 0.267. The van der Waals surface area contributed by atoms with E-state index < -0.39 is 0 Å². The summed E-state index contributed by atoms with van der Waals surface area (Å²) in [5, 5.41) is 0. The quantitative estimate of drug-likeness (QED) is 0.649. The minimum absolute atomic E-state index is 0.443. The number of rotatable bonds is 3. The Balaban J connectivity index is 2.10. The summed E-state index contributed by atoms with van der Waals surface area (Å²) in [6, 6.07) is 10.7. The van der Waals surface area contributed by atoms with E-state index in [1.54, 1.807) is 0 Å². The maximum atomic E-state index is 6.03. The van der Waals surface area contributed by atoms with Crippen LogP contribution in [0.2, 0.25) is 0 Å². The van der Waals surface area contributed by atoms with E-state index in [9.17, 15) is 0 Å². The smallest absolute Gasteiger partial charge is 0.125 e. The monoisotopic (exact) mass is 290 g/mol. The van der Waals surface area contributed by atoms with Crippen LogP contribution in [0.5, 0.6) is 0 Å². The lowest BCUT2D eigenvalue weighted by molar-refractivity contribution is 0.789. The molecular formula is C15H15ClN2S. The van der Waals surface area contributed by atoms with Crippen LogP contribution in [0.3, 0.4) is 0 Å². The number of nitrogens with zero attached hydrogens (tertiary/aromatic N) is 2. The first kappa shape index (κ1) is 12.7. The number of thiophene rings is 1.